The molecule has 1 aromatic heterocycles. The molecule has 1 heterocycles. The second-order valence-corrected chi connectivity index (χ2v) is 4.20. The summed E-state index contributed by atoms with van der Waals surface area (Å²) in [5, 5.41) is 0. The number of hydrogen-bond acceptors (Lipinski definition) is 1. The number of hydrogen-bond donors (Lipinski definition) is 0. The highest BCUT2D eigenvalue weighted by Crippen LogP contribution is 2.36. The van der Waals surface area contributed by atoms with E-state index in [2.05, 4.69) is 20.9 Å². The molecule has 0 aliphatic carbocycles. The van der Waals surface area contributed by atoms with Crippen molar-refractivity contribution in [3.05, 3.63) is 52.6 Å². The van der Waals surface area contributed by atoms with Crippen molar-refractivity contribution in [1.29, 1.82) is 0 Å². The summed E-state index contributed by atoms with van der Waals surface area (Å²) in [6.45, 7) is 0. The lowest BCUT2D eigenvalue weighted by Gasteiger charge is -2.12. The molecule has 0 unspecified atom stereocenters. The van der Waals surface area contributed by atoms with Crippen molar-refractivity contribution in [2.45, 2.75) is 6.18 Å². The van der Waals surface area contributed by atoms with Crippen molar-refractivity contribution >= 4 is 15.9 Å². The fraction of sp³-hybridized carbons (Fsp3) is 0.0833. The summed E-state index contributed by atoms with van der Waals surface area (Å²) in [5.41, 5.74) is -0.292. The van der Waals surface area contributed by atoms with Crippen molar-refractivity contribution < 1.29 is 13.2 Å². The van der Waals surface area contributed by atoms with Gasteiger partial charge in [-0.2, -0.15) is 13.2 Å². The van der Waals surface area contributed by atoms with Crippen LogP contribution in [0.15, 0.2) is 47.1 Å². The van der Waals surface area contributed by atoms with Crippen LogP contribution in [0.2, 0.25) is 0 Å². The van der Waals surface area contributed by atoms with Crippen LogP contribution in [-0.4, -0.2) is 4.98 Å². The summed E-state index contributed by atoms with van der Waals surface area (Å²) in [6.07, 6.45) is -4.37. The van der Waals surface area contributed by atoms with Crippen LogP contribution in [-0.2, 0) is 6.18 Å². The topological polar surface area (TPSA) is 12.9 Å². The lowest BCUT2D eigenvalue weighted by molar-refractivity contribution is -0.137. The number of rotatable bonds is 1. The first kappa shape index (κ1) is 12.1. The van der Waals surface area contributed by atoms with Gasteiger partial charge in [-0.25, -0.2) is 4.98 Å². The quantitative estimate of drug-likeness (QED) is 0.705. The fourth-order valence-corrected chi connectivity index (χ4v) is 1.86. The smallest absolute Gasteiger partial charge is 0.241 e. The van der Waals surface area contributed by atoms with E-state index in [1.807, 2.05) is 0 Å². The molecule has 0 bridgehead atoms. The second-order valence-electron chi connectivity index (χ2n) is 3.39. The Labute approximate surface area is 104 Å². The largest absolute Gasteiger partial charge is 0.417 e. The molecule has 88 valence electrons. The Kier molecular flexibility index (Phi) is 3.19. The maximum atomic E-state index is 12.8. The van der Waals surface area contributed by atoms with E-state index in [1.54, 1.807) is 24.3 Å². The van der Waals surface area contributed by atoms with Gasteiger partial charge in [-0.1, -0.05) is 24.3 Å². The fourth-order valence-electron chi connectivity index (χ4n) is 1.51. The third-order valence-electron chi connectivity index (χ3n) is 2.22. The Hall–Kier alpha value is -1.36. The Balaban J connectivity index is 2.60. The normalized spacial score (nSPS) is 11.5. The van der Waals surface area contributed by atoms with Gasteiger partial charge in [-0.15, -0.1) is 0 Å². The Morgan fingerprint density at radius 3 is 2.29 bits per heavy atom. The molecule has 1 aromatic carbocycles. The molecule has 17 heavy (non-hydrogen) atoms. The van der Waals surface area contributed by atoms with Gasteiger partial charge in [0, 0.05) is 5.56 Å². The van der Waals surface area contributed by atoms with Gasteiger partial charge in [0.25, 0.3) is 0 Å². The molecule has 5 heteroatoms. The Bertz CT molecular complexity index is 537. The predicted octanol–water partition coefficient (Wildman–Crippen LogP) is 4.53. The zero-order chi connectivity index (χ0) is 12.5. The van der Waals surface area contributed by atoms with E-state index in [4.69, 9.17) is 0 Å². The summed E-state index contributed by atoms with van der Waals surface area (Å²) in [7, 11) is 0. The van der Waals surface area contributed by atoms with E-state index in [1.165, 1.54) is 12.1 Å². The van der Waals surface area contributed by atoms with E-state index < -0.39 is 11.7 Å². The first-order valence-corrected chi connectivity index (χ1v) is 5.57. The monoisotopic (exact) mass is 301 g/mol. The van der Waals surface area contributed by atoms with Crippen molar-refractivity contribution in [2.24, 2.45) is 0 Å². The number of alkyl halides is 3. The minimum atomic E-state index is -4.37. The Morgan fingerprint density at radius 2 is 1.65 bits per heavy atom. The van der Waals surface area contributed by atoms with Gasteiger partial charge in [0.15, 0.2) is 0 Å². The molecule has 0 atom stereocenters. The molecule has 0 aliphatic rings. The zero-order valence-corrected chi connectivity index (χ0v) is 10.1. The molecule has 2 aromatic rings. The summed E-state index contributed by atoms with van der Waals surface area (Å²) in [5.74, 6) is 0. The summed E-state index contributed by atoms with van der Waals surface area (Å²) >= 11 is 3.14. The van der Waals surface area contributed by atoms with Gasteiger partial charge in [0.1, 0.15) is 4.60 Å². The van der Waals surface area contributed by atoms with Crippen LogP contribution in [0.1, 0.15) is 5.56 Å². The van der Waals surface area contributed by atoms with Crippen molar-refractivity contribution in [2.75, 3.05) is 0 Å². The number of halogens is 4. The third kappa shape index (κ3) is 2.66. The Morgan fingerprint density at radius 1 is 0.941 bits per heavy atom. The molecule has 0 radical (unpaired) electrons. The molecule has 1 nitrogen and oxygen atoms in total. The van der Waals surface area contributed by atoms with Crippen LogP contribution < -0.4 is 0 Å². The molecule has 0 saturated carbocycles. The molecule has 0 amide bonds. The summed E-state index contributed by atoms with van der Waals surface area (Å²) in [6, 6.07) is 10.3. The number of nitrogens with zero attached hydrogens (tertiary/aromatic N) is 1. The van der Waals surface area contributed by atoms with E-state index in [0.717, 1.165) is 6.07 Å². The maximum absolute atomic E-state index is 12.8. The van der Waals surface area contributed by atoms with E-state index in [9.17, 15) is 13.2 Å². The van der Waals surface area contributed by atoms with Gasteiger partial charge in [0.05, 0.1) is 11.3 Å². The van der Waals surface area contributed by atoms with Crippen LogP contribution in [0, 0.1) is 0 Å². The van der Waals surface area contributed by atoms with Gasteiger partial charge >= 0.3 is 6.18 Å². The van der Waals surface area contributed by atoms with Crippen LogP contribution >= 0.6 is 15.9 Å². The van der Waals surface area contributed by atoms with Gasteiger partial charge in [0.2, 0.25) is 0 Å². The highest BCUT2D eigenvalue weighted by atomic mass is 79.9. The lowest BCUT2D eigenvalue weighted by Crippen LogP contribution is -2.07. The van der Waals surface area contributed by atoms with Crippen molar-refractivity contribution in [1.82, 2.24) is 4.98 Å². The van der Waals surface area contributed by atoms with Crippen LogP contribution in [0.25, 0.3) is 11.3 Å². The lowest BCUT2D eigenvalue weighted by atomic mass is 10.0. The second kappa shape index (κ2) is 4.49. The van der Waals surface area contributed by atoms with Crippen LogP contribution in [0.4, 0.5) is 13.2 Å². The highest BCUT2D eigenvalue weighted by Gasteiger charge is 2.33. The summed E-state index contributed by atoms with van der Waals surface area (Å²) < 4.78 is 38.9. The standard InChI is InChI=1S/C12H7BrF3N/c13-11-7-3-6-10(17-11)8-4-1-2-5-9(8)12(14,15)16/h1-7H. The molecule has 0 fully saturated rings. The van der Waals surface area contributed by atoms with E-state index >= 15 is 0 Å². The van der Waals surface area contributed by atoms with Crippen molar-refractivity contribution in [3.63, 3.8) is 0 Å². The van der Waals surface area contributed by atoms with E-state index in [-0.39, 0.29) is 5.56 Å². The number of benzene rings is 1. The van der Waals surface area contributed by atoms with Crippen molar-refractivity contribution in [3.8, 4) is 11.3 Å². The van der Waals surface area contributed by atoms with Gasteiger partial charge in [-0.3, -0.25) is 0 Å². The highest BCUT2D eigenvalue weighted by molar-refractivity contribution is 9.10. The molecular formula is C12H7BrF3N. The van der Waals surface area contributed by atoms with Gasteiger partial charge < -0.3 is 0 Å². The first-order chi connectivity index (χ1) is 7.98. The molecule has 0 saturated heterocycles. The number of pyridine rings is 1. The third-order valence-corrected chi connectivity index (χ3v) is 2.67. The van der Waals surface area contributed by atoms with E-state index in [0.29, 0.717) is 10.3 Å². The summed E-state index contributed by atoms with van der Waals surface area (Å²) in [4.78, 5) is 4.03. The molecule has 0 aliphatic heterocycles. The van der Waals surface area contributed by atoms with Crippen LogP contribution in [0.5, 0.6) is 0 Å². The predicted molar refractivity (Wildman–Crippen MR) is 62.4 cm³/mol. The zero-order valence-electron chi connectivity index (χ0n) is 8.50. The number of aromatic nitrogens is 1. The molecule has 0 spiro atoms. The SMILES string of the molecule is FC(F)(F)c1ccccc1-c1cccc(Br)n1. The maximum Gasteiger partial charge on any atom is 0.417 e. The van der Waals surface area contributed by atoms with Gasteiger partial charge in [-0.05, 0) is 34.1 Å². The minimum absolute atomic E-state index is 0.0845. The molecule has 0 N–H and O–H groups in total. The van der Waals surface area contributed by atoms with Crippen LogP contribution in [0.3, 0.4) is 0 Å². The molecular weight excluding hydrogens is 295 g/mol. The molecule has 2 rings (SSSR count). The first-order valence-electron chi connectivity index (χ1n) is 4.77. The average Bonchev–Trinajstić information content (AvgIpc) is 2.28. The minimum Gasteiger partial charge on any atom is -0.241 e. The average molecular weight is 302 g/mol.